The minimum atomic E-state index is -2.78. The Hall–Kier alpha value is -3.25. The highest BCUT2D eigenvalue weighted by Gasteiger charge is 2.25. The molecular weight excluding hydrogens is 520 g/mol. The molecule has 0 unspecified atom stereocenters. The molecule has 1 aromatic carbocycles. The summed E-state index contributed by atoms with van der Waals surface area (Å²) in [6.45, 7) is 2.80. The predicted octanol–water partition coefficient (Wildman–Crippen LogP) is 4.02. The highest BCUT2D eigenvalue weighted by Crippen LogP contribution is 2.30. The van der Waals surface area contributed by atoms with E-state index in [1.54, 1.807) is 31.4 Å². The third kappa shape index (κ3) is 6.90. The van der Waals surface area contributed by atoms with E-state index in [1.165, 1.54) is 4.57 Å². The average Bonchev–Trinajstić information content (AvgIpc) is 3.38. The maximum absolute atomic E-state index is 14.1. The number of nitrogens with one attached hydrogen (secondary N) is 1. The van der Waals surface area contributed by atoms with Crippen molar-refractivity contribution in [2.75, 3.05) is 44.9 Å². The molecule has 1 amide bonds. The molecule has 1 saturated heterocycles. The number of halogens is 2. The number of ether oxygens (including phenoxy) is 2. The standard InChI is InChI=1S/C28H37F2N7O3/c1-39-16-13-24(38)31-20-11-9-19(10-12-20)5-4-8-23-33-27(36-14-17-40-18-15-36)35-28(34-23)37-22-7-3-2-6-21(22)32-26(37)25(29)30/h2-3,6-7,19-20,25H,4-5,8-18H2,1H3,(H,31,38). The number of aryl methyl sites for hydroxylation is 1. The molecule has 1 aliphatic heterocycles. The molecule has 1 N–H and O–H groups in total. The van der Waals surface area contributed by atoms with Crippen LogP contribution in [0.2, 0.25) is 0 Å². The minimum absolute atomic E-state index is 0.0488. The van der Waals surface area contributed by atoms with Crippen LogP contribution < -0.4 is 10.2 Å². The number of hydrogen-bond acceptors (Lipinski definition) is 8. The van der Waals surface area contributed by atoms with Crippen molar-refractivity contribution in [3.63, 3.8) is 0 Å². The fourth-order valence-electron chi connectivity index (χ4n) is 5.55. The van der Waals surface area contributed by atoms with Crippen LogP contribution in [0.1, 0.15) is 63.0 Å². The number of morpholine rings is 1. The Morgan fingerprint density at radius 1 is 1.07 bits per heavy atom. The Morgan fingerprint density at radius 2 is 1.82 bits per heavy atom. The van der Waals surface area contributed by atoms with E-state index in [-0.39, 0.29) is 23.7 Å². The fraction of sp³-hybridized carbons (Fsp3) is 0.607. The SMILES string of the molecule is COCCC(=O)NC1CCC(CCCc2nc(N3CCOCC3)nc(-n3c(C(F)F)nc4ccccc43)n2)CC1. The number of hydrogen-bond donors (Lipinski definition) is 1. The van der Waals surface area contributed by atoms with Gasteiger partial charge in [0.15, 0.2) is 5.82 Å². The van der Waals surface area contributed by atoms with Crippen LogP contribution in [-0.4, -0.2) is 76.5 Å². The topological polar surface area (TPSA) is 107 Å². The van der Waals surface area contributed by atoms with E-state index in [0.717, 1.165) is 38.5 Å². The average molecular weight is 558 g/mol. The molecule has 2 aliphatic rings. The van der Waals surface area contributed by atoms with Gasteiger partial charge in [0.05, 0.1) is 30.9 Å². The number of aromatic nitrogens is 5. The van der Waals surface area contributed by atoms with E-state index in [1.807, 2.05) is 4.90 Å². The zero-order chi connectivity index (χ0) is 27.9. The molecule has 0 spiro atoms. The molecule has 1 saturated carbocycles. The van der Waals surface area contributed by atoms with Crippen molar-refractivity contribution in [3.05, 3.63) is 35.9 Å². The van der Waals surface area contributed by atoms with Crippen molar-refractivity contribution >= 4 is 22.9 Å². The third-order valence-electron chi connectivity index (χ3n) is 7.69. The largest absolute Gasteiger partial charge is 0.384 e. The first-order chi connectivity index (χ1) is 19.5. The highest BCUT2D eigenvalue weighted by atomic mass is 19.3. The molecule has 3 aromatic rings. The van der Waals surface area contributed by atoms with Gasteiger partial charge in [0, 0.05) is 39.1 Å². The second-order valence-electron chi connectivity index (χ2n) is 10.5. The van der Waals surface area contributed by atoms with Crippen molar-refractivity contribution in [3.8, 4) is 5.95 Å². The van der Waals surface area contributed by atoms with Crippen LogP contribution in [0.3, 0.4) is 0 Å². The van der Waals surface area contributed by atoms with Crippen LogP contribution in [0.25, 0.3) is 17.0 Å². The highest BCUT2D eigenvalue weighted by molar-refractivity contribution is 5.77. The van der Waals surface area contributed by atoms with Gasteiger partial charge in [0.2, 0.25) is 17.8 Å². The Balaban J connectivity index is 1.28. The number of benzene rings is 1. The van der Waals surface area contributed by atoms with Gasteiger partial charge in [0.1, 0.15) is 5.82 Å². The Morgan fingerprint density at radius 3 is 2.58 bits per heavy atom. The van der Waals surface area contributed by atoms with Gasteiger partial charge in [-0.15, -0.1) is 0 Å². The zero-order valence-electron chi connectivity index (χ0n) is 22.9. The number of fused-ring (bicyclic) bond motifs is 1. The van der Waals surface area contributed by atoms with Gasteiger partial charge in [-0.05, 0) is 50.2 Å². The summed E-state index contributed by atoms with van der Waals surface area (Å²) in [5, 5.41) is 3.12. The van der Waals surface area contributed by atoms with Crippen LogP contribution in [0, 0.1) is 5.92 Å². The number of rotatable bonds is 11. The van der Waals surface area contributed by atoms with Gasteiger partial charge in [-0.3, -0.25) is 9.36 Å². The number of para-hydroxylation sites is 2. The monoisotopic (exact) mass is 557 g/mol. The predicted molar refractivity (Wildman–Crippen MR) is 146 cm³/mol. The summed E-state index contributed by atoms with van der Waals surface area (Å²) in [6, 6.07) is 7.26. The number of imidazole rings is 1. The van der Waals surface area contributed by atoms with Crippen molar-refractivity contribution < 1.29 is 23.0 Å². The Kier molecular flexibility index (Phi) is 9.48. The lowest BCUT2D eigenvalue weighted by atomic mass is 9.83. The summed E-state index contributed by atoms with van der Waals surface area (Å²) in [5.74, 6) is 1.48. The quantitative estimate of drug-likeness (QED) is 0.377. The summed E-state index contributed by atoms with van der Waals surface area (Å²) < 4.78 is 39.9. The van der Waals surface area contributed by atoms with Crippen molar-refractivity contribution in [1.29, 1.82) is 0 Å². The number of nitrogens with zero attached hydrogens (tertiary/aromatic N) is 6. The van der Waals surface area contributed by atoms with E-state index < -0.39 is 6.43 Å². The van der Waals surface area contributed by atoms with Gasteiger partial charge in [-0.2, -0.15) is 15.0 Å². The first-order valence-corrected chi connectivity index (χ1v) is 14.1. The summed E-state index contributed by atoms with van der Waals surface area (Å²) >= 11 is 0. The Bertz CT molecular complexity index is 1270. The maximum Gasteiger partial charge on any atom is 0.296 e. The smallest absolute Gasteiger partial charge is 0.296 e. The lowest BCUT2D eigenvalue weighted by Crippen LogP contribution is -2.38. The molecule has 3 heterocycles. The molecule has 12 heteroatoms. The van der Waals surface area contributed by atoms with Gasteiger partial charge in [0.25, 0.3) is 6.43 Å². The first kappa shape index (κ1) is 28.3. The molecular formula is C28H37F2N7O3. The minimum Gasteiger partial charge on any atom is -0.384 e. The van der Waals surface area contributed by atoms with Gasteiger partial charge >= 0.3 is 0 Å². The normalized spacial score (nSPS) is 19.9. The lowest BCUT2D eigenvalue weighted by Gasteiger charge is -2.29. The molecule has 2 fully saturated rings. The molecule has 0 bridgehead atoms. The molecule has 40 heavy (non-hydrogen) atoms. The third-order valence-corrected chi connectivity index (χ3v) is 7.69. The molecule has 2 aromatic heterocycles. The number of anilines is 1. The van der Waals surface area contributed by atoms with E-state index in [2.05, 4.69) is 20.3 Å². The van der Waals surface area contributed by atoms with Crippen molar-refractivity contribution in [1.82, 2.24) is 29.8 Å². The van der Waals surface area contributed by atoms with Crippen LogP contribution in [0.15, 0.2) is 24.3 Å². The number of methoxy groups -OCH3 is 1. The molecule has 0 atom stereocenters. The fourth-order valence-corrected chi connectivity index (χ4v) is 5.55. The number of alkyl halides is 2. The number of carbonyl (C=O) groups excluding carboxylic acids is 1. The van der Waals surface area contributed by atoms with Gasteiger partial charge < -0.3 is 19.7 Å². The summed E-state index contributed by atoms with van der Waals surface area (Å²) in [5.41, 5.74) is 1.01. The van der Waals surface area contributed by atoms with Crippen LogP contribution >= 0.6 is 0 Å². The summed E-state index contributed by atoms with van der Waals surface area (Å²) in [4.78, 5) is 32.2. The molecule has 0 radical (unpaired) electrons. The Labute approximate surface area is 232 Å². The number of carbonyl (C=O) groups is 1. The zero-order valence-corrected chi connectivity index (χ0v) is 22.9. The van der Waals surface area contributed by atoms with E-state index >= 15 is 0 Å². The van der Waals surface area contributed by atoms with Gasteiger partial charge in [-0.25, -0.2) is 13.8 Å². The van der Waals surface area contributed by atoms with Gasteiger partial charge in [-0.1, -0.05) is 18.6 Å². The van der Waals surface area contributed by atoms with E-state index in [9.17, 15) is 13.6 Å². The molecule has 5 rings (SSSR count). The van der Waals surface area contributed by atoms with Crippen molar-refractivity contribution in [2.24, 2.45) is 5.92 Å². The van der Waals surface area contributed by atoms with Crippen molar-refractivity contribution in [2.45, 2.75) is 63.8 Å². The van der Waals surface area contributed by atoms with Crippen LogP contribution in [-0.2, 0) is 20.7 Å². The first-order valence-electron chi connectivity index (χ1n) is 14.1. The summed E-state index contributed by atoms with van der Waals surface area (Å²) in [6.07, 6.45) is 4.23. The maximum atomic E-state index is 14.1. The second kappa shape index (κ2) is 13.4. The van der Waals surface area contributed by atoms with E-state index in [4.69, 9.17) is 14.5 Å². The van der Waals surface area contributed by atoms with Crippen LogP contribution in [0.4, 0.5) is 14.7 Å². The second-order valence-corrected chi connectivity index (χ2v) is 10.5. The molecule has 1 aliphatic carbocycles. The molecule has 216 valence electrons. The summed E-state index contributed by atoms with van der Waals surface area (Å²) in [7, 11) is 1.60. The van der Waals surface area contributed by atoms with Crippen LogP contribution in [0.5, 0.6) is 0 Å². The molecule has 10 nitrogen and oxygen atoms in total. The van der Waals surface area contributed by atoms with E-state index in [0.29, 0.717) is 74.5 Å². The lowest BCUT2D eigenvalue weighted by molar-refractivity contribution is -0.122. The number of amides is 1.